The molecule has 0 aromatic heterocycles. The Morgan fingerprint density at radius 3 is 2.44 bits per heavy atom. The first-order valence-corrected chi connectivity index (χ1v) is 8.82. The molecule has 2 N–H and O–H groups in total. The topological polar surface area (TPSA) is 76.7 Å². The molecule has 0 radical (unpaired) electrons. The maximum absolute atomic E-state index is 12.4. The second kappa shape index (κ2) is 9.73. The molecule has 0 saturated carbocycles. The van der Waals surface area contributed by atoms with E-state index in [4.69, 9.17) is 9.47 Å². The van der Waals surface area contributed by atoms with E-state index in [1.807, 2.05) is 32.0 Å². The van der Waals surface area contributed by atoms with Gasteiger partial charge in [0.2, 0.25) is 0 Å². The van der Waals surface area contributed by atoms with Crippen molar-refractivity contribution < 1.29 is 19.1 Å². The van der Waals surface area contributed by atoms with Crippen LogP contribution in [0.1, 0.15) is 28.4 Å². The highest BCUT2D eigenvalue weighted by atomic mass is 16.5. The summed E-state index contributed by atoms with van der Waals surface area (Å²) < 4.78 is 10.7. The lowest BCUT2D eigenvalue weighted by molar-refractivity contribution is -0.122. The second-order valence-corrected chi connectivity index (χ2v) is 6.34. The zero-order valence-electron chi connectivity index (χ0n) is 16.2. The fourth-order valence-corrected chi connectivity index (χ4v) is 2.40. The van der Waals surface area contributed by atoms with Gasteiger partial charge >= 0.3 is 0 Å². The van der Waals surface area contributed by atoms with Crippen molar-refractivity contribution in [1.29, 1.82) is 0 Å². The third kappa shape index (κ3) is 6.11. The summed E-state index contributed by atoms with van der Waals surface area (Å²) in [4.78, 5) is 24.3. The lowest BCUT2D eigenvalue weighted by Crippen LogP contribution is -2.30. The number of carbonyl (C=O) groups is 2. The Morgan fingerprint density at radius 2 is 1.78 bits per heavy atom. The maximum Gasteiger partial charge on any atom is 0.265 e. The average molecular weight is 370 g/mol. The van der Waals surface area contributed by atoms with Crippen molar-refractivity contribution in [2.45, 2.75) is 26.9 Å². The molecule has 0 aliphatic carbocycles. The summed E-state index contributed by atoms with van der Waals surface area (Å²) >= 11 is 0. The fourth-order valence-electron chi connectivity index (χ4n) is 2.40. The summed E-state index contributed by atoms with van der Waals surface area (Å²) in [7, 11) is 1.58. The van der Waals surface area contributed by atoms with Gasteiger partial charge in [0.05, 0.1) is 6.61 Å². The van der Waals surface area contributed by atoms with E-state index in [-0.39, 0.29) is 11.8 Å². The minimum atomic E-state index is -0.650. The average Bonchev–Trinajstić information content (AvgIpc) is 2.65. The van der Waals surface area contributed by atoms with Gasteiger partial charge in [0.1, 0.15) is 5.75 Å². The van der Waals surface area contributed by atoms with Crippen LogP contribution in [-0.2, 0) is 9.53 Å². The molecule has 6 nitrogen and oxygen atoms in total. The molecule has 2 aromatic rings. The van der Waals surface area contributed by atoms with Gasteiger partial charge in [0, 0.05) is 24.9 Å². The van der Waals surface area contributed by atoms with Gasteiger partial charge in [-0.15, -0.1) is 0 Å². The molecule has 2 aromatic carbocycles. The number of benzene rings is 2. The number of nitrogens with one attached hydrogen (secondary N) is 2. The number of hydrogen-bond donors (Lipinski definition) is 2. The largest absolute Gasteiger partial charge is 0.481 e. The van der Waals surface area contributed by atoms with Crippen LogP contribution >= 0.6 is 0 Å². The van der Waals surface area contributed by atoms with Crippen LogP contribution in [0.15, 0.2) is 42.5 Å². The molecular formula is C21H26N2O4. The number of ether oxygens (including phenoxy) is 2. The van der Waals surface area contributed by atoms with Crippen molar-refractivity contribution in [2.75, 3.05) is 25.6 Å². The summed E-state index contributed by atoms with van der Waals surface area (Å²) in [6, 6.07) is 12.6. The van der Waals surface area contributed by atoms with Crippen LogP contribution in [0.25, 0.3) is 0 Å². The van der Waals surface area contributed by atoms with Crippen LogP contribution in [0.5, 0.6) is 5.75 Å². The summed E-state index contributed by atoms with van der Waals surface area (Å²) in [5.41, 5.74) is 3.17. The van der Waals surface area contributed by atoms with Crippen molar-refractivity contribution in [3.05, 3.63) is 59.2 Å². The van der Waals surface area contributed by atoms with Crippen LogP contribution in [-0.4, -0.2) is 38.2 Å². The molecular weight excluding hydrogens is 344 g/mol. The second-order valence-electron chi connectivity index (χ2n) is 6.34. The normalized spacial score (nSPS) is 11.6. The van der Waals surface area contributed by atoms with Gasteiger partial charge in [0.15, 0.2) is 6.10 Å². The highest BCUT2D eigenvalue weighted by Crippen LogP contribution is 2.21. The molecule has 2 rings (SSSR count). The first kappa shape index (κ1) is 20.5. The Kier molecular flexibility index (Phi) is 7.37. The third-order valence-corrected chi connectivity index (χ3v) is 4.02. The number of aryl methyl sites for hydroxylation is 2. The zero-order valence-corrected chi connectivity index (χ0v) is 16.2. The third-order valence-electron chi connectivity index (χ3n) is 4.02. The first-order valence-electron chi connectivity index (χ1n) is 8.82. The Hall–Kier alpha value is -2.86. The van der Waals surface area contributed by atoms with Gasteiger partial charge in [-0.1, -0.05) is 12.1 Å². The Balaban J connectivity index is 1.93. The summed E-state index contributed by atoms with van der Waals surface area (Å²) in [6.07, 6.45) is -0.650. The highest BCUT2D eigenvalue weighted by Gasteiger charge is 2.16. The van der Waals surface area contributed by atoms with E-state index >= 15 is 0 Å². The molecule has 1 atom stereocenters. The van der Waals surface area contributed by atoms with E-state index in [1.54, 1.807) is 38.3 Å². The molecule has 0 unspecified atom stereocenters. The van der Waals surface area contributed by atoms with Crippen molar-refractivity contribution in [2.24, 2.45) is 0 Å². The number of anilines is 1. The monoisotopic (exact) mass is 370 g/mol. The van der Waals surface area contributed by atoms with Crippen LogP contribution < -0.4 is 15.4 Å². The van der Waals surface area contributed by atoms with E-state index in [2.05, 4.69) is 10.6 Å². The molecule has 0 aliphatic heterocycles. The predicted molar refractivity (Wildman–Crippen MR) is 105 cm³/mol. The molecule has 0 heterocycles. The van der Waals surface area contributed by atoms with Crippen molar-refractivity contribution in [3.8, 4) is 5.75 Å². The van der Waals surface area contributed by atoms with E-state index in [0.717, 1.165) is 11.1 Å². The van der Waals surface area contributed by atoms with Gasteiger partial charge in [-0.25, -0.2) is 0 Å². The fraction of sp³-hybridized carbons (Fsp3) is 0.333. The van der Waals surface area contributed by atoms with Gasteiger partial charge in [-0.3, -0.25) is 9.59 Å². The van der Waals surface area contributed by atoms with Crippen LogP contribution in [0, 0.1) is 13.8 Å². The predicted octanol–water partition coefficient (Wildman–Crippen LogP) is 3.09. The maximum atomic E-state index is 12.4. The summed E-state index contributed by atoms with van der Waals surface area (Å²) in [5, 5.41) is 5.54. The molecule has 2 amide bonds. The minimum absolute atomic E-state index is 0.184. The Morgan fingerprint density at radius 1 is 1.07 bits per heavy atom. The van der Waals surface area contributed by atoms with E-state index in [0.29, 0.717) is 30.2 Å². The number of hydrogen-bond acceptors (Lipinski definition) is 4. The van der Waals surface area contributed by atoms with Crippen LogP contribution in [0.4, 0.5) is 5.69 Å². The molecule has 0 spiro atoms. The van der Waals surface area contributed by atoms with E-state index in [9.17, 15) is 9.59 Å². The number of carbonyl (C=O) groups excluding carboxylic acids is 2. The lowest BCUT2D eigenvalue weighted by atomic mass is 10.1. The molecule has 0 fully saturated rings. The van der Waals surface area contributed by atoms with Gasteiger partial charge in [-0.2, -0.15) is 0 Å². The summed E-state index contributed by atoms with van der Waals surface area (Å²) in [6.45, 7) is 6.52. The number of amides is 2. The van der Waals surface area contributed by atoms with Gasteiger partial charge in [0.25, 0.3) is 11.8 Å². The van der Waals surface area contributed by atoms with Crippen molar-refractivity contribution in [3.63, 3.8) is 0 Å². The van der Waals surface area contributed by atoms with E-state index < -0.39 is 6.10 Å². The van der Waals surface area contributed by atoms with Crippen molar-refractivity contribution >= 4 is 17.5 Å². The Bertz CT molecular complexity index is 787. The molecule has 27 heavy (non-hydrogen) atoms. The molecule has 0 aliphatic rings. The minimum Gasteiger partial charge on any atom is -0.481 e. The van der Waals surface area contributed by atoms with Gasteiger partial charge in [-0.05, 0) is 62.2 Å². The molecule has 6 heteroatoms. The SMILES string of the molecule is COCCNC(=O)c1ccc(NC(=O)[C@H](C)Oc2cc(C)ccc2C)cc1. The number of methoxy groups -OCH3 is 1. The van der Waals surface area contributed by atoms with Crippen LogP contribution in [0.3, 0.4) is 0 Å². The standard InChI is InChI=1S/C21H26N2O4/c1-14-5-6-15(2)19(13-14)27-16(3)20(24)23-18-9-7-17(8-10-18)21(25)22-11-12-26-4/h5-10,13,16H,11-12H2,1-4H3,(H,22,25)(H,23,24)/t16-/m0/s1. The number of rotatable bonds is 8. The molecule has 144 valence electrons. The summed E-state index contributed by atoms with van der Waals surface area (Å²) in [5.74, 6) is 0.255. The smallest absolute Gasteiger partial charge is 0.265 e. The van der Waals surface area contributed by atoms with Crippen molar-refractivity contribution in [1.82, 2.24) is 5.32 Å². The van der Waals surface area contributed by atoms with Gasteiger partial charge < -0.3 is 20.1 Å². The molecule has 0 bridgehead atoms. The van der Waals surface area contributed by atoms with E-state index in [1.165, 1.54) is 0 Å². The quantitative estimate of drug-likeness (QED) is 0.700. The van der Waals surface area contributed by atoms with Crippen LogP contribution in [0.2, 0.25) is 0 Å². The molecule has 0 saturated heterocycles. The first-order chi connectivity index (χ1) is 12.9. The lowest BCUT2D eigenvalue weighted by Gasteiger charge is -2.17. The Labute approximate surface area is 159 Å². The zero-order chi connectivity index (χ0) is 19.8. The highest BCUT2D eigenvalue weighted by molar-refractivity contribution is 5.96.